The second-order valence-corrected chi connectivity index (χ2v) is 7.67. The van der Waals surface area contributed by atoms with Crippen molar-refractivity contribution in [1.29, 1.82) is 0 Å². The summed E-state index contributed by atoms with van der Waals surface area (Å²) in [6.45, 7) is 5.20. The van der Waals surface area contributed by atoms with Crippen LogP contribution < -0.4 is 10.1 Å². The molecule has 1 aromatic rings. The number of hydrazine groups is 1. The standard InChI is InChI=1S/C14H22BrN3O2S/c1-2-16-11-12-6-7-14(13(15)10-12)21(19,20)17-18-8-4-3-5-9-18/h6-7,10,16-17H,2-5,8-9,11H2,1H3. The third-order valence-electron chi connectivity index (χ3n) is 3.47. The molecule has 0 aliphatic carbocycles. The van der Waals surface area contributed by atoms with E-state index in [1.165, 1.54) is 6.42 Å². The normalized spacial score (nSPS) is 17.0. The van der Waals surface area contributed by atoms with E-state index in [0.29, 0.717) is 4.47 Å². The molecule has 1 heterocycles. The van der Waals surface area contributed by atoms with Gasteiger partial charge in [0.2, 0.25) is 0 Å². The Morgan fingerprint density at radius 1 is 1.24 bits per heavy atom. The molecule has 21 heavy (non-hydrogen) atoms. The number of sulfonamides is 1. The monoisotopic (exact) mass is 375 g/mol. The van der Waals surface area contributed by atoms with Gasteiger partial charge in [-0.15, -0.1) is 4.83 Å². The number of halogens is 1. The summed E-state index contributed by atoms with van der Waals surface area (Å²) >= 11 is 3.37. The van der Waals surface area contributed by atoms with Crippen LogP contribution in [0.3, 0.4) is 0 Å². The van der Waals surface area contributed by atoms with E-state index in [1.54, 1.807) is 11.1 Å². The van der Waals surface area contributed by atoms with Crippen LogP contribution in [0.5, 0.6) is 0 Å². The van der Waals surface area contributed by atoms with Gasteiger partial charge in [-0.2, -0.15) is 0 Å². The topological polar surface area (TPSA) is 61.4 Å². The number of rotatable bonds is 6. The summed E-state index contributed by atoms with van der Waals surface area (Å²) in [7, 11) is -3.52. The maximum atomic E-state index is 12.4. The molecule has 0 radical (unpaired) electrons. The molecule has 0 atom stereocenters. The lowest BCUT2D eigenvalue weighted by atomic mass is 10.2. The van der Waals surface area contributed by atoms with Gasteiger partial charge in [0.15, 0.2) is 0 Å². The Morgan fingerprint density at radius 3 is 2.57 bits per heavy atom. The lowest BCUT2D eigenvalue weighted by Crippen LogP contribution is -2.44. The maximum Gasteiger partial charge on any atom is 0.254 e. The molecule has 1 fully saturated rings. The van der Waals surface area contributed by atoms with Gasteiger partial charge in [-0.3, -0.25) is 0 Å². The molecule has 2 rings (SSSR count). The number of benzene rings is 1. The van der Waals surface area contributed by atoms with Crippen molar-refractivity contribution in [3.8, 4) is 0 Å². The van der Waals surface area contributed by atoms with Crippen molar-refractivity contribution >= 4 is 26.0 Å². The van der Waals surface area contributed by atoms with E-state index in [9.17, 15) is 8.42 Å². The van der Waals surface area contributed by atoms with Crippen LogP contribution in [0.4, 0.5) is 0 Å². The molecule has 0 saturated carbocycles. The van der Waals surface area contributed by atoms with Crippen LogP contribution in [0.25, 0.3) is 0 Å². The highest BCUT2D eigenvalue weighted by Crippen LogP contribution is 2.23. The predicted molar refractivity (Wildman–Crippen MR) is 87.3 cm³/mol. The Bertz CT molecular complexity index is 572. The molecular weight excluding hydrogens is 354 g/mol. The van der Waals surface area contributed by atoms with Crippen LogP contribution in [0.1, 0.15) is 31.7 Å². The zero-order chi connectivity index (χ0) is 15.3. The summed E-state index contributed by atoms with van der Waals surface area (Å²) in [6, 6.07) is 5.36. The second kappa shape index (κ2) is 7.69. The SMILES string of the molecule is CCNCc1ccc(S(=O)(=O)NN2CCCCC2)c(Br)c1. The molecule has 2 N–H and O–H groups in total. The van der Waals surface area contributed by atoms with Gasteiger partial charge in [-0.05, 0) is 53.0 Å². The Labute approximate surface area is 135 Å². The first kappa shape index (κ1) is 16.9. The van der Waals surface area contributed by atoms with Gasteiger partial charge in [0.05, 0.1) is 4.90 Å². The van der Waals surface area contributed by atoms with E-state index in [1.807, 2.05) is 19.1 Å². The van der Waals surface area contributed by atoms with Gasteiger partial charge in [0.1, 0.15) is 0 Å². The largest absolute Gasteiger partial charge is 0.313 e. The van der Waals surface area contributed by atoms with Gasteiger partial charge in [-0.25, -0.2) is 13.4 Å². The number of nitrogens with one attached hydrogen (secondary N) is 2. The fraction of sp³-hybridized carbons (Fsp3) is 0.571. The Balaban J connectivity index is 2.11. The molecule has 0 unspecified atom stereocenters. The molecule has 1 saturated heterocycles. The molecule has 1 aliphatic heterocycles. The zero-order valence-electron chi connectivity index (χ0n) is 12.2. The van der Waals surface area contributed by atoms with Crippen molar-refractivity contribution in [2.45, 2.75) is 37.6 Å². The highest BCUT2D eigenvalue weighted by Gasteiger charge is 2.22. The lowest BCUT2D eigenvalue weighted by Gasteiger charge is -2.26. The Morgan fingerprint density at radius 2 is 1.95 bits per heavy atom. The van der Waals surface area contributed by atoms with Gasteiger partial charge in [0, 0.05) is 24.1 Å². The van der Waals surface area contributed by atoms with Crippen LogP contribution in [0.15, 0.2) is 27.6 Å². The van der Waals surface area contributed by atoms with Crippen molar-refractivity contribution in [1.82, 2.24) is 15.2 Å². The summed E-state index contributed by atoms with van der Waals surface area (Å²) in [6.07, 6.45) is 3.23. The molecular formula is C14H22BrN3O2S. The van der Waals surface area contributed by atoms with E-state index < -0.39 is 10.0 Å². The number of piperidine rings is 1. The molecule has 118 valence electrons. The first-order chi connectivity index (χ1) is 10.0. The van der Waals surface area contributed by atoms with Crippen molar-refractivity contribution in [3.63, 3.8) is 0 Å². The second-order valence-electron chi connectivity index (χ2n) is 5.19. The molecule has 1 aromatic carbocycles. The number of nitrogens with zero attached hydrogens (tertiary/aromatic N) is 1. The lowest BCUT2D eigenvalue weighted by molar-refractivity contribution is 0.200. The fourth-order valence-electron chi connectivity index (χ4n) is 2.35. The van der Waals surface area contributed by atoms with Crippen molar-refractivity contribution in [2.24, 2.45) is 0 Å². The van der Waals surface area contributed by atoms with Crippen LogP contribution in [-0.2, 0) is 16.6 Å². The highest BCUT2D eigenvalue weighted by atomic mass is 79.9. The minimum atomic E-state index is -3.52. The minimum absolute atomic E-state index is 0.285. The molecule has 0 amide bonds. The Hall–Kier alpha value is -0.470. The maximum absolute atomic E-state index is 12.4. The predicted octanol–water partition coefficient (Wildman–Crippen LogP) is 2.24. The third kappa shape index (κ3) is 4.75. The molecule has 5 nitrogen and oxygen atoms in total. The first-order valence-electron chi connectivity index (χ1n) is 7.29. The van der Waals surface area contributed by atoms with Gasteiger partial charge in [-0.1, -0.05) is 19.4 Å². The van der Waals surface area contributed by atoms with Crippen molar-refractivity contribution in [2.75, 3.05) is 19.6 Å². The summed E-state index contributed by atoms with van der Waals surface area (Å²) in [5.41, 5.74) is 1.06. The van der Waals surface area contributed by atoms with E-state index >= 15 is 0 Å². The smallest absolute Gasteiger partial charge is 0.254 e. The Kier molecular flexibility index (Phi) is 6.19. The van der Waals surface area contributed by atoms with E-state index in [4.69, 9.17) is 0 Å². The third-order valence-corrected chi connectivity index (χ3v) is 5.82. The average molecular weight is 376 g/mol. The number of hydrogen-bond donors (Lipinski definition) is 2. The quantitative estimate of drug-likeness (QED) is 0.800. The van der Waals surface area contributed by atoms with E-state index in [-0.39, 0.29) is 4.90 Å². The van der Waals surface area contributed by atoms with Gasteiger partial charge in [0.25, 0.3) is 10.0 Å². The summed E-state index contributed by atoms with van der Waals surface area (Å²) in [5, 5.41) is 5.01. The molecule has 7 heteroatoms. The minimum Gasteiger partial charge on any atom is -0.313 e. The van der Waals surface area contributed by atoms with Gasteiger partial charge >= 0.3 is 0 Å². The number of hydrogen-bond acceptors (Lipinski definition) is 4. The van der Waals surface area contributed by atoms with Crippen molar-refractivity contribution in [3.05, 3.63) is 28.2 Å². The van der Waals surface area contributed by atoms with Crippen LogP contribution in [0, 0.1) is 0 Å². The van der Waals surface area contributed by atoms with Crippen LogP contribution in [-0.4, -0.2) is 33.1 Å². The van der Waals surface area contributed by atoms with Crippen molar-refractivity contribution < 1.29 is 8.42 Å². The highest BCUT2D eigenvalue weighted by molar-refractivity contribution is 9.10. The van der Waals surface area contributed by atoms with Gasteiger partial charge < -0.3 is 5.32 Å². The summed E-state index contributed by atoms with van der Waals surface area (Å²) in [4.78, 5) is 2.96. The van der Waals surface area contributed by atoms with Crippen LogP contribution >= 0.6 is 15.9 Å². The van der Waals surface area contributed by atoms with Crippen LogP contribution in [0.2, 0.25) is 0 Å². The molecule has 1 aliphatic rings. The van der Waals surface area contributed by atoms with E-state index in [0.717, 1.165) is 44.6 Å². The zero-order valence-corrected chi connectivity index (χ0v) is 14.6. The first-order valence-corrected chi connectivity index (χ1v) is 9.57. The fourth-order valence-corrected chi connectivity index (χ4v) is 4.60. The summed E-state index contributed by atoms with van der Waals surface area (Å²) in [5.74, 6) is 0. The molecule has 0 aromatic heterocycles. The average Bonchev–Trinajstić information content (AvgIpc) is 2.45. The van der Waals surface area contributed by atoms with E-state index in [2.05, 4.69) is 26.1 Å². The summed E-state index contributed by atoms with van der Waals surface area (Å²) < 4.78 is 25.5. The molecule has 0 bridgehead atoms. The molecule has 0 spiro atoms.